The van der Waals surface area contributed by atoms with Gasteiger partial charge in [0.15, 0.2) is 0 Å². The fraction of sp³-hybridized carbons (Fsp3) is 0.533. The van der Waals surface area contributed by atoms with Crippen molar-refractivity contribution in [2.45, 2.75) is 25.9 Å². The summed E-state index contributed by atoms with van der Waals surface area (Å²) in [5.41, 5.74) is 6.79. The lowest BCUT2D eigenvalue weighted by molar-refractivity contribution is -0.127. The number of rotatable bonds is 5. The summed E-state index contributed by atoms with van der Waals surface area (Å²) in [5, 5.41) is 3.26. The fourth-order valence-corrected chi connectivity index (χ4v) is 2.31. The normalized spacial score (nSPS) is 17.4. The highest BCUT2D eigenvalue weighted by atomic mass is 35.5. The molecule has 1 fully saturated rings. The minimum absolute atomic E-state index is 0.226. The van der Waals surface area contributed by atoms with Crippen LogP contribution in [0, 0.1) is 5.92 Å². The van der Waals surface area contributed by atoms with Gasteiger partial charge in [0.1, 0.15) is 6.10 Å². The summed E-state index contributed by atoms with van der Waals surface area (Å²) < 4.78 is 10.9. The zero-order valence-electron chi connectivity index (χ0n) is 12.1. The Bertz CT molecular complexity index is 490. The second-order valence-electron chi connectivity index (χ2n) is 5.25. The predicted molar refractivity (Wildman–Crippen MR) is 83.5 cm³/mol. The second kappa shape index (κ2) is 7.64. The summed E-state index contributed by atoms with van der Waals surface area (Å²) in [7, 11) is 0. The van der Waals surface area contributed by atoms with Gasteiger partial charge in [-0.25, -0.2) is 0 Å². The van der Waals surface area contributed by atoms with Crippen LogP contribution in [0.3, 0.4) is 0 Å². The quantitative estimate of drug-likeness (QED) is 0.820. The Balaban J connectivity index is 1.82. The van der Waals surface area contributed by atoms with E-state index in [2.05, 4.69) is 5.32 Å². The largest absolute Gasteiger partial charge is 0.397 e. The first-order chi connectivity index (χ1) is 10.1. The molecule has 1 unspecified atom stereocenters. The lowest BCUT2D eigenvalue weighted by Gasteiger charge is -2.23. The lowest BCUT2D eigenvalue weighted by atomic mass is 10.0. The Kier molecular flexibility index (Phi) is 5.85. The van der Waals surface area contributed by atoms with Crippen molar-refractivity contribution in [1.29, 1.82) is 0 Å². The number of ether oxygens (including phenoxy) is 2. The highest BCUT2D eigenvalue weighted by Gasteiger charge is 2.19. The van der Waals surface area contributed by atoms with Crippen molar-refractivity contribution in [3.05, 3.63) is 23.2 Å². The van der Waals surface area contributed by atoms with Crippen molar-refractivity contribution in [3.63, 3.8) is 0 Å². The molecule has 6 heteroatoms. The lowest BCUT2D eigenvalue weighted by Crippen LogP contribution is -2.31. The highest BCUT2D eigenvalue weighted by molar-refractivity contribution is 6.31. The zero-order chi connectivity index (χ0) is 15.2. The molecule has 21 heavy (non-hydrogen) atoms. The molecule has 1 heterocycles. The molecule has 0 spiro atoms. The van der Waals surface area contributed by atoms with Crippen LogP contribution in [0.1, 0.15) is 19.8 Å². The summed E-state index contributed by atoms with van der Waals surface area (Å²) in [6.07, 6.45) is 1.43. The molecule has 0 saturated carbocycles. The zero-order valence-corrected chi connectivity index (χ0v) is 12.9. The van der Waals surface area contributed by atoms with Crippen LogP contribution >= 0.6 is 11.6 Å². The van der Waals surface area contributed by atoms with Gasteiger partial charge in [0.25, 0.3) is 5.91 Å². The van der Waals surface area contributed by atoms with Gasteiger partial charge in [-0.3, -0.25) is 4.79 Å². The van der Waals surface area contributed by atoms with Crippen LogP contribution in [-0.2, 0) is 14.3 Å². The molecule has 1 aromatic rings. The molecule has 1 aromatic carbocycles. The molecule has 1 amide bonds. The first-order valence-corrected chi connectivity index (χ1v) is 7.49. The number of nitrogen functional groups attached to an aromatic ring is 1. The molecular formula is C15H21ClN2O3. The molecule has 0 aromatic heterocycles. The van der Waals surface area contributed by atoms with Crippen LogP contribution in [-0.4, -0.2) is 31.8 Å². The average Bonchev–Trinajstić information content (AvgIpc) is 2.49. The van der Waals surface area contributed by atoms with Gasteiger partial charge >= 0.3 is 0 Å². The number of anilines is 2. The molecule has 0 aliphatic carbocycles. The summed E-state index contributed by atoms with van der Waals surface area (Å²) in [6.45, 7) is 3.85. The topological polar surface area (TPSA) is 73.6 Å². The molecule has 3 N–H and O–H groups in total. The summed E-state index contributed by atoms with van der Waals surface area (Å²) in [6, 6.07) is 4.96. The third kappa shape index (κ3) is 4.88. The monoisotopic (exact) mass is 312 g/mol. The van der Waals surface area contributed by atoms with Crippen LogP contribution in [0.15, 0.2) is 18.2 Å². The van der Waals surface area contributed by atoms with E-state index in [0.29, 0.717) is 28.9 Å². The third-order valence-electron chi connectivity index (χ3n) is 3.57. The first-order valence-electron chi connectivity index (χ1n) is 7.11. The minimum atomic E-state index is -0.536. The van der Waals surface area contributed by atoms with E-state index in [1.807, 2.05) is 0 Å². The number of carbonyl (C=O) groups excluding carboxylic acids is 1. The number of nitrogens with one attached hydrogen (secondary N) is 1. The van der Waals surface area contributed by atoms with Crippen molar-refractivity contribution in [1.82, 2.24) is 0 Å². The average molecular weight is 313 g/mol. The van der Waals surface area contributed by atoms with E-state index in [-0.39, 0.29) is 5.91 Å². The number of hydrogen-bond donors (Lipinski definition) is 2. The van der Waals surface area contributed by atoms with Gasteiger partial charge in [-0.1, -0.05) is 11.6 Å². The first kappa shape index (κ1) is 16.1. The summed E-state index contributed by atoms with van der Waals surface area (Å²) in [4.78, 5) is 12.1. The minimum Gasteiger partial charge on any atom is -0.397 e. The summed E-state index contributed by atoms with van der Waals surface area (Å²) in [5.74, 6) is 0.237. The standard InChI is InChI=1S/C15H21ClN2O3/c1-10(21-9-11-4-6-20-7-5-11)15(19)18-14-8-12(16)2-3-13(14)17/h2-3,8,10-11H,4-7,9,17H2,1H3,(H,18,19). The molecule has 1 aliphatic rings. The number of halogens is 1. The van der Waals surface area contributed by atoms with Gasteiger partial charge in [0.05, 0.1) is 18.0 Å². The molecule has 1 saturated heterocycles. The Morgan fingerprint density at radius 1 is 1.52 bits per heavy atom. The molecule has 1 atom stereocenters. The maximum atomic E-state index is 12.1. The molecule has 116 valence electrons. The molecule has 5 nitrogen and oxygen atoms in total. The van der Waals surface area contributed by atoms with E-state index in [1.165, 1.54) is 0 Å². The Morgan fingerprint density at radius 2 is 2.24 bits per heavy atom. The fourth-order valence-electron chi connectivity index (χ4n) is 2.14. The second-order valence-corrected chi connectivity index (χ2v) is 5.69. The van der Waals surface area contributed by atoms with Crippen molar-refractivity contribution in [2.75, 3.05) is 30.9 Å². The SMILES string of the molecule is CC(OCC1CCOCC1)C(=O)Nc1cc(Cl)ccc1N. The number of nitrogens with two attached hydrogens (primary N) is 1. The van der Waals surface area contributed by atoms with Crippen molar-refractivity contribution >= 4 is 28.9 Å². The van der Waals surface area contributed by atoms with E-state index in [4.69, 9.17) is 26.8 Å². The van der Waals surface area contributed by atoms with E-state index in [0.717, 1.165) is 26.1 Å². The number of hydrogen-bond acceptors (Lipinski definition) is 4. The van der Waals surface area contributed by atoms with Gasteiger partial charge in [-0.05, 0) is 43.9 Å². The maximum absolute atomic E-state index is 12.1. The Labute approximate surface area is 129 Å². The number of benzene rings is 1. The Hall–Kier alpha value is -1.30. The number of carbonyl (C=O) groups is 1. The van der Waals surface area contributed by atoms with Crippen molar-refractivity contribution < 1.29 is 14.3 Å². The van der Waals surface area contributed by atoms with Gasteiger partial charge in [0, 0.05) is 18.2 Å². The Morgan fingerprint density at radius 3 is 2.95 bits per heavy atom. The summed E-state index contributed by atoms with van der Waals surface area (Å²) >= 11 is 5.89. The molecule has 0 bridgehead atoms. The number of amides is 1. The van der Waals surface area contributed by atoms with E-state index >= 15 is 0 Å². The van der Waals surface area contributed by atoms with E-state index in [9.17, 15) is 4.79 Å². The molecule has 0 radical (unpaired) electrons. The van der Waals surface area contributed by atoms with Gasteiger partial charge in [-0.15, -0.1) is 0 Å². The van der Waals surface area contributed by atoms with Crippen LogP contribution in [0.2, 0.25) is 5.02 Å². The molecule has 1 aliphatic heterocycles. The van der Waals surface area contributed by atoms with Crippen molar-refractivity contribution in [2.24, 2.45) is 5.92 Å². The highest BCUT2D eigenvalue weighted by Crippen LogP contribution is 2.23. The smallest absolute Gasteiger partial charge is 0.253 e. The predicted octanol–water partition coefficient (Wildman–Crippen LogP) is 2.69. The van der Waals surface area contributed by atoms with E-state index < -0.39 is 6.10 Å². The van der Waals surface area contributed by atoms with Gasteiger partial charge in [-0.2, -0.15) is 0 Å². The van der Waals surface area contributed by atoms with Crippen LogP contribution in [0.4, 0.5) is 11.4 Å². The van der Waals surface area contributed by atoms with E-state index in [1.54, 1.807) is 25.1 Å². The third-order valence-corrected chi connectivity index (χ3v) is 3.80. The van der Waals surface area contributed by atoms with Crippen molar-refractivity contribution in [3.8, 4) is 0 Å². The van der Waals surface area contributed by atoms with Crippen LogP contribution < -0.4 is 11.1 Å². The van der Waals surface area contributed by atoms with Crippen LogP contribution in [0.5, 0.6) is 0 Å². The molecule has 2 rings (SSSR count). The van der Waals surface area contributed by atoms with Gasteiger partial charge in [0.2, 0.25) is 0 Å². The molecular weight excluding hydrogens is 292 g/mol. The van der Waals surface area contributed by atoms with Gasteiger partial charge < -0.3 is 20.5 Å². The van der Waals surface area contributed by atoms with Crippen LogP contribution in [0.25, 0.3) is 0 Å². The maximum Gasteiger partial charge on any atom is 0.253 e.